The van der Waals surface area contributed by atoms with Crippen molar-refractivity contribution < 1.29 is 19.4 Å². The van der Waals surface area contributed by atoms with Crippen LogP contribution >= 0.6 is 0 Å². The predicted octanol–water partition coefficient (Wildman–Crippen LogP) is 2.53. The summed E-state index contributed by atoms with van der Waals surface area (Å²) in [7, 11) is 1.50. The van der Waals surface area contributed by atoms with E-state index in [1.807, 2.05) is 24.3 Å². The Bertz CT molecular complexity index is 671. The highest BCUT2D eigenvalue weighted by molar-refractivity contribution is 5.79. The first kappa shape index (κ1) is 16.5. The van der Waals surface area contributed by atoms with E-state index in [1.54, 1.807) is 0 Å². The second kappa shape index (κ2) is 7.47. The zero-order valence-electron chi connectivity index (χ0n) is 13.6. The Morgan fingerprint density at radius 3 is 2.29 bits per heavy atom. The number of amides is 1. The van der Waals surface area contributed by atoms with Crippen LogP contribution in [-0.4, -0.2) is 44.2 Å². The number of ether oxygens (including phenoxy) is 2. The van der Waals surface area contributed by atoms with Crippen molar-refractivity contribution in [3.8, 4) is 11.1 Å². The predicted molar refractivity (Wildman–Crippen MR) is 91.0 cm³/mol. The molecule has 0 spiro atoms. The molecule has 0 radical (unpaired) electrons. The van der Waals surface area contributed by atoms with Crippen LogP contribution in [0.3, 0.4) is 0 Å². The van der Waals surface area contributed by atoms with Crippen molar-refractivity contribution in [3.05, 3.63) is 59.7 Å². The van der Waals surface area contributed by atoms with Crippen LogP contribution in [0.25, 0.3) is 11.1 Å². The number of methoxy groups -OCH3 is 1. The van der Waals surface area contributed by atoms with Gasteiger partial charge in [0.2, 0.25) is 0 Å². The number of fused-ring (bicyclic) bond motifs is 3. The lowest BCUT2D eigenvalue weighted by atomic mass is 9.98. The highest BCUT2D eigenvalue weighted by Gasteiger charge is 2.28. The number of alkyl carbamates (subject to hydrolysis) is 1. The van der Waals surface area contributed by atoms with Gasteiger partial charge in [-0.3, -0.25) is 0 Å². The Balaban J connectivity index is 1.64. The second-order valence-electron chi connectivity index (χ2n) is 5.82. The van der Waals surface area contributed by atoms with Crippen molar-refractivity contribution in [2.45, 2.75) is 12.0 Å². The average molecular weight is 327 g/mol. The van der Waals surface area contributed by atoms with Crippen LogP contribution in [0.1, 0.15) is 17.0 Å². The number of hydrogen-bond acceptors (Lipinski definition) is 4. The topological polar surface area (TPSA) is 67.8 Å². The number of carbonyl (C=O) groups is 1. The summed E-state index contributed by atoms with van der Waals surface area (Å²) < 4.78 is 10.2. The lowest BCUT2D eigenvalue weighted by Crippen LogP contribution is -2.35. The number of nitrogens with one attached hydrogen (secondary N) is 1. The number of carbonyl (C=O) groups excluding carboxylic acids is 1. The molecule has 2 aromatic carbocycles. The van der Waals surface area contributed by atoms with Crippen molar-refractivity contribution in [1.29, 1.82) is 0 Å². The molecule has 5 heteroatoms. The van der Waals surface area contributed by atoms with Gasteiger partial charge in [0.1, 0.15) is 6.61 Å². The van der Waals surface area contributed by atoms with E-state index in [1.165, 1.54) is 29.4 Å². The summed E-state index contributed by atoms with van der Waals surface area (Å²) in [5.41, 5.74) is 4.73. The lowest BCUT2D eigenvalue weighted by molar-refractivity contribution is 0.0621. The van der Waals surface area contributed by atoms with Crippen LogP contribution in [0.15, 0.2) is 48.5 Å². The van der Waals surface area contributed by atoms with Gasteiger partial charge in [0, 0.05) is 19.6 Å². The quantitative estimate of drug-likeness (QED) is 0.855. The highest BCUT2D eigenvalue weighted by Crippen LogP contribution is 2.44. The SMILES string of the molecule is COC[C@@H](O)CNC(=O)OCC1c2ccccc2-c2ccccc21. The zero-order valence-corrected chi connectivity index (χ0v) is 13.6. The van der Waals surface area contributed by atoms with Crippen LogP contribution < -0.4 is 5.32 Å². The summed E-state index contributed by atoms with van der Waals surface area (Å²) >= 11 is 0. The van der Waals surface area contributed by atoms with Crippen molar-refractivity contribution in [2.24, 2.45) is 0 Å². The van der Waals surface area contributed by atoms with Gasteiger partial charge in [0.25, 0.3) is 0 Å². The minimum absolute atomic E-state index is 0.0343. The summed E-state index contributed by atoms with van der Waals surface area (Å²) in [6, 6.07) is 16.4. The molecule has 1 aliphatic carbocycles. The van der Waals surface area contributed by atoms with Crippen LogP contribution in [0, 0.1) is 0 Å². The minimum Gasteiger partial charge on any atom is -0.449 e. The van der Waals surface area contributed by atoms with Gasteiger partial charge in [-0.05, 0) is 22.3 Å². The second-order valence-corrected chi connectivity index (χ2v) is 5.82. The summed E-state index contributed by atoms with van der Waals surface area (Å²) in [6.07, 6.45) is -1.28. The van der Waals surface area contributed by atoms with Gasteiger partial charge in [0.15, 0.2) is 0 Å². The third-order valence-corrected chi connectivity index (χ3v) is 4.18. The number of aliphatic hydroxyl groups is 1. The third-order valence-electron chi connectivity index (χ3n) is 4.18. The highest BCUT2D eigenvalue weighted by atomic mass is 16.5. The third kappa shape index (κ3) is 3.42. The van der Waals surface area contributed by atoms with E-state index in [9.17, 15) is 9.90 Å². The molecule has 0 heterocycles. The molecule has 0 aliphatic heterocycles. The first-order valence-corrected chi connectivity index (χ1v) is 7.96. The van der Waals surface area contributed by atoms with Gasteiger partial charge in [-0.2, -0.15) is 0 Å². The standard InChI is InChI=1S/C19H21NO4/c1-23-11-13(21)10-20-19(22)24-12-18-16-8-4-2-6-14(16)15-7-3-5-9-17(15)18/h2-9,13,18,21H,10-12H2,1H3,(H,20,22)/t13-/m0/s1. The summed E-state index contributed by atoms with van der Waals surface area (Å²) in [6.45, 7) is 0.536. The lowest BCUT2D eigenvalue weighted by Gasteiger charge is -2.15. The van der Waals surface area contributed by atoms with E-state index in [0.717, 1.165) is 0 Å². The fraction of sp³-hybridized carbons (Fsp3) is 0.316. The van der Waals surface area contributed by atoms with Crippen molar-refractivity contribution in [2.75, 3.05) is 26.9 Å². The van der Waals surface area contributed by atoms with E-state index < -0.39 is 12.2 Å². The maximum Gasteiger partial charge on any atom is 0.407 e. The molecule has 1 aliphatic rings. The van der Waals surface area contributed by atoms with E-state index >= 15 is 0 Å². The van der Waals surface area contributed by atoms with E-state index in [0.29, 0.717) is 0 Å². The molecule has 0 aromatic heterocycles. The van der Waals surface area contributed by atoms with Crippen LogP contribution in [0.2, 0.25) is 0 Å². The first-order chi connectivity index (χ1) is 11.7. The zero-order chi connectivity index (χ0) is 16.9. The van der Waals surface area contributed by atoms with Gasteiger partial charge in [-0.15, -0.1) is 0 Å². The fourth-order valence-corrected chi connectivity index (χ4v) is 3.10. The minimum atomic E-state index is -0.740. The molecule has 0 unspecified atom stereocenters. The summed E-state index contributed by atoms with van der Waals surface area (Å²) in [5.74, 6) is 0.0343. The van der Waals surface area contributed by atoms with E-state index in [2.05, 4.69) is 29.6 Å². The smallest absolute Gasteiger partial charge is 0.407 e. The van der Waals surface area contributed by atoms with Crippen LogP contribution in [0.4, 0.5) is 4.79 Å². The Morgan fingerprint density at radius 1 is 1.12 bits per heavy atom. The molecule has 24 heavy (non-hydrogen) atoms. The van der Waals surface area contributed by atoms with E-state index in [-0.39, 0.29) is 25.7 Å². The molecule has 2 aromatic rings. The Labute approximate surface area is 141 Å². The molecule has 3 rings (SSSR count). The Kier molecular flexibility index (Phi) is 5.13. The number of rotatable bonds is 6. The largest absolute Gasteiger partial charge is 0.449 e. The maximum atomic E-state index is 11.8. The summed E-state index contributed by atoms with van der Waals surface area (Å²) in [5, 5.41) is 12.1. The van der Waals surface area contributed by atoms with Crippen molar-refractivity contribution in [1.82, 2.24) is 5.32 Å². The molecule has 1 atom stereocenters. The Hall–Kier alpha value is -2.37. The molecule has 0 fully saturated rings. The molecule has 1 amide bonds. The normalized spacial score (nSPS) is 13.9. The average Bonchev–Trinajstić information content (AvgIpc) is 2.92. The van der Waals surface area contributed by atoms with Crippen LogP contribution in [-0.2, 0) is 9.47 Å². The number of benzene rings is 2. The summed E-state index contributed by atoms with van der Waals surface area (Å²) in [4.78, 5) is 11.8. The monoisotopic (exact) mass is 327 g/mol. The van der Waals surface area contributed by atoms with Gasteiger partial charge < -0.3 is 19.9 Å². The van der Waals surface area contributed by atoms with Crippen LogP contribution in [0.5, 0.6) is 0 Å². The number of aliphatic hydroxyl groups excluding tert-OH is 1. The van der Waals surface area contributed by atoms with E-state index in [4.69, 9.17) is 9.47 Å². The number of hydrogen-bond donors (Lipinski definition) is 2. The van der Waals surface area contributed by atoms with Gasteiger partial charge in [-0.1, -0.05) is 48.5 Å². The molecule has 0 bridgehead atoms. The first-order valence-electron chi connectivity index (χ1n) is 7.96. The molecule has 2 N–H and O–H groups in total. The molecule has 126 valence electrons. The fourth-order valence-electron chi connectivity index (χ4n) is 3.10. The maximum absolute atomic E-state index is 11.8. The molecule has 0 saturated carbocycles. The Morgan fingerprint density at radius 2 is 1.71 bits per heavy atom. The van der Waals surface area contributed by atoms with Gasteiger partial charge >= 0.3 is 6.09 Å². The molecular formula is C19H21NO4. The van der Waals surface area contributed by atoms with Crippen molar-refractivity contribution in [3.63, 3.8) is 0 Å². The van der Waals surface area contributed by atoms with Gasteiger partial charge in [0.05, 0.1) is 12.7 Å². The van der Waals surface area contributed by atoms with Gasteiger partial charge in [-0.25, -0.2) is 4.79 Å². The molecule has 0 saturated heterocycles. The molecule has 5 nitrogen and oxygen atoms in total. The molecular weight excluding hydrogens is 306 g/mol. The van der Waals surface area contributed by atoms with Crippen molar-refractivity contribution >= 4 is 6.09 Å².